The number of oxazole rings is 1. The Morgan fingerprint density at radius 2 is 2.12 bits per heavy atom. The van der Waals surface area contributed by atoms with Crippen molar-refractivity contribution in [3.05, 3.63) is 65.1 Å². The largest absolute Gasteiger partial charge is 0.467 e. The first-order chi connectivity index (χ1) is 15.7. The van der Waals surface area contributed by atoms with Crippen molar-refractivity contribution in [2.45, 2.75) is 32.5 Å². The third-order valence-electron chi connectivity index (χ3n) is 4.73. The van der Waals surface area contributed by atoms with Crippen molar-refractivity contribution >= 4 is 17.5 Å². The zero-order valence-electron chi connectivity index (χ0n) is 17.5. The van der Waals surface area contributed by atoms with Crippen LogP contribution in [0.4, 0.5) is 19.0 Å². The summed E-state index contributed by atoms with van der Waals surface area (Å²) in [6, 6.07) is 4.45. The summed E-state index contributed by atoms with van der Waals surface area (Å²) < 4.78 is 55.5. The van der Waals surface area contributed by atoms with Crippen molar-refractivity contribution in [2.75, 3.05) is 12.0 Å². The maximum absolute atomic E-state index is 13.2. The molecule has 3 heterocycles. The molecule has 1 aliphatic heterocycles. The summed E-state index contributed by atoms with van der Waals surface area (Å²) in [7, 11) is 1.53. The predicted octanol–water partition coefficient (Wildman–Crippen LogP) is 2.52. The first-order valence-corrected chi connectivity index (χ1v) is 9.67. The predicted molar refractivity (Wildman–Crippen MR) is 107 cm³/mol. The molecule has 1 unspecified atom stereocenters. The van der Waals surface area contributed by atoms with Crippen LogP contribution in [0.5, 0.6) is 0 Å². The number of rotatable bonds is 7. The highest BCUT2D eigenvalue weighted by atomic mass is 19.4. The molecule has 0 radical (unpaired) electrons. The Kier molecular flexibility index (Phi) is 5.80. The normalized spacial score (nSPS) is 16.4. The van der Waals surface area contributed by atoms with Crippen LogP contribution < -0.4 is 10.6 Å². The van der Waals surface area contributed by atoms with Crippen molar-refractivity contribution < 1.29 is 31.9 Å². The number of aromatic nitrogens is 4. The molecule has 0 spiro atoms. The lowest BCUT2D eigenvalue weighted by Crippen LogP contribution is -2.34. The molecular formula is C20H19F3N6O4. The minimum absolute atomic E-state index is 0.0609. The second-order valence-corrected chi connectivity index (χ2v) is 7.11. The van der Waals surface area contributed by atoms with Crippen LogP contribution in [0.25, 0.3) is 5.76 Å². The lowest BCUT2D eigenvalue weighted by atomic mass is 10.1. The Morgan fingerprint density at radius 3 is 2.82 bits per heavy atom. The molecular weight excluding hydrogens is 445 g/mol. The third-order valence-corrected chi connectivity index (χ3v) is 4.73. The number of ether oxygens (including phenoxy) is 2. The maximum Gasteiger partial charge on any atom is 0.416 e. The molecule has 3 aromatic rings. The number of nitrogens with zero attached hydrogens (tertiary/aromatic N) is 5. The molecule has 2 aromatic heterocycles. The Morgan fingerprint density at radius 1 is 1.33 bits per heavy atom. The van der Waals surface area contributed by atoms with Crippen LogP contribution in [0.15, 0.2) is 46.8 Å². The number of benzene rings is 1. The molecule has 2 N–H and O–H groups in total. The average Bonchev–Trinajstić information content (AvgIpc) is 3.47. The van der Waals surface area contributed by atoms with Gasteiger partial charge in [-0.15, -0.1) is 5.10 Å². The number of hydrogen-bond donors (Lipinski definition) is 1. The number of halogens is 3. The lowest BCUT2D eigenvalue weighted by molar-refractivity contribution is -0.137. The van der Waals surface area contributed by atoms with E-state index >= 15 is 0 Å². The zero-order chi connectivity index (χ0) is 23.8. The van der Waals surface area contributed by atoms with Gasteiger partial charge >= 0.3 is 6.18 Å². The van der Waals surface area contributed by atoms with E-state index in [-0.39, 0.29) is 36.0 Å². The van der Waals surface area contributed by atoms with Crippen LogP contribution in [-0.2, 0) is 33.6 Å². The van der Waals surface area contributed by atoms with E-state index in [2.05, 4.69) is 15.2 Å². The van der Waals surface area contributed by atoms with Gasteiger partial charge in [0.25, 0.3) is 5.91 Å². The van der Waals surface area contributed by atoms with Crippen molar-refractivity contribution in [3.8, 4) is 0 Å². The Bertz CT molecular complexity index is 1200. The van der Waals surface area contributed by atoms with Gasteiger partial charge in [0.15, 0.2) is 23.5 Å². The van der Waals surface area contributed by atoms with Gasteiger partial charge < -0.3 is 19.6 Å². The fourth-order valence-corrected chi connectivity index (χ4v) is 3.37. The Hall–Kier alpha value is -3.87. The van der Waals surface area contributed by atoms with Gasteiger partial charge in [0.05, 0.1) is 18.4 Å². The molecule has 13 heteroatoms. The van der Waals surface area contributed by atoms with Crippen LogP contribution in [0.1, 0.15) is 29.6 Å². The van der Waals surface area contributed by atoms with Crippen molar-refractivity contribution in [1.82, 2.24) is 20.0 Å². The van der Waals surface area contributed by atoms with Crippen molar-refractivity contribution in [3.63, 3.8) is 0 Å². The molecule has 0 fully saturated rings. The molecule has 4 rings (SSSR count). The number of amides is 1. The fraction of sp³-hybridized carbons (Fsp3) is 0.300. The summed E-state index contributed by atoms with van der Waals surface area (Å²) in [6.45, 7) is 1.99. The van der Waals surface area contributed by atoms with E-state index in [0.29, 0.717) is 11.6 Å². The molecule has 0 bridgehead atoms. The van der Waals surface area contributed by atoms with Crippen molar-refractivity contribution in [1.29, 1.82) is 0 Å². The van der Waals surface area contributed by atoms with Crippen LogP contribution >= 0.6 is 0 Å². The van der Waals surface area contributed by atoms with Crippen LogP contribution in [0.2, 0.25) is 0 Å². The monoisotopic (exact) mass is 464 g/mol. The van der Waals surface area contributed by atoms with Crippen LogP contribution in [-0.4, -0.2) is 39.2 Å². The molecule has 1 aliphatic rings. The summed E-state index contributed by atoms with van der Waals surface area (Å²) in [4.78, 5) is 19.2. The average molecular weight is 464 g/mol. The highest BCUT2D eigenvalue weighted by molar-refractivity contribution is 6.03. The molecule has 1 atom stereocenters. The summed E-state index contributed by atoms with van der Waals surface area (Å²) in [5, 5.41) is 8.45. The van der Waals surface area contributed by atoms with Gasteiger partial charge in [0.2, 0.25) is 5.89 Å². The zero-order valence-corrected chi connectivity index (χ0v) is 17.5. The smallest absolute Gasteiger partial charge is 0.416 e. The molecule has 0 saturated carbocycles. The molecule has 0 saturated heterocycles. The van der Waals surface area contributed by atoms with E-state index in [4.69, 9.17) is 19.6 Å². The summed E-state index contributed by atoms with van der Waals surface area (Å²) >= 11 is 0. The molecule has 33 heavy (non-hydrogen) atoms. The van der Waals surface area contributed by atoms with Crippen LogP contribution in [0.3, 0.4) is 0 Å². The maximum atomic E-state index is 13.2. The number of primary amides is 1. The minimum atomic E-state index is -4.56. The second kappa shape index (κ2) is 8.58. The summed E-state index contributed by atoms with van der Waals surface area (Å²) in [6.07, 6.45) is -2.51. The SMILES string of the molecule is COCc1coc(Cn2ncc(N3C(C(N)=O)=C(c4cccc(C(F)(F)F)c4)OC3C)n2)n1. The number of alkyl halides is 3. The number of anilines is 1. The molecule has 1 amide bonds. The van der Waals surface area contributed by atoms with Gasteiger partial charge in [0.1, 0.15) is 18.5 Å². The van der Waals surface area contributed by atoms with E-state index in [9.17, 15) is 18.0 Å². The quantitative estimate of drug-likeness (QED) is 0.566. The molecule has 10 nitrogen and oxygen atoms in total. The highest BCUT2D eigenvalue weighted by Gasteiger charge is 2.38. The Balaban J connectivity index is 1.65. The second-order valence-electron chi connectivity index (χ2n) is 7.11. The Labute approximate surface area is 185 Å². The number of carbonyl (C=O) groups excluding carboxylic acids is 1. The minimum Gasteiger partial charge on any atom is -0.467 e. The van der Waals surface area contributed by atoms with Gasteiger partial charge in [-0.3, -0.25) is 9.69 Å². The van der Waals surface area contributed by atoms with Gasteiger partial charge in [-0.25, -0.2) is 4.98 Å². The van der Waals surface area contributed by atoms with E-state index in [0.717, 1.165) is 12.1 Å². The highest BCUT2D eigenvalue weighted by Crippen LogP contribution is 2.37. The molecule has 1 aromatic carbocycles. The van der Waals surface area contributed by atoms with E-state index in [1.165, 1.54) is 41.4 Å². The van der Waals surface area contributed by atoms with E-state index in [1.54, 1.807) is 6.92 Å². The third kappa shape index (κ3) is 4.53. The summed E-state index contributed by atoms with van der Waals surface area (Å²) in [5.41, 5.74) is 5.22. The van der Waals surface area contributed by atoms with E-state index in [1.807, 2.05) is 0 Å². The van der Waals surface area contributed by atoms with Gasteiger partial charge in [-0.05, 0) is 19.1 Å². The van der Waals surface area contributed by atoms with Gasteiger partial charge in [-0.2, -0.15) is 23.1 Å². The standard InChI is InChI=1S/C20H19F3N6O4/c1-11-29(15-7-25-28(27-15)8-16-26-14(9-31-2)10-32-16)17(19(24)30)18(33-11)12-4-3-5-13(6-12)20(21,22)23/h3-7,10-11H,8-9H2,1-2H3,(H2,24,30). The van der Waals surface area contributed by atoms with E-state index < -0.39 is 23.9 Å². The fourth-order valence-electron chi connectivity index (χ4n) is 3.37. The molecule has 0 aliphatic carbocycles. The summed E-state index contributed by atoms with van der Waals surface area (Å²) in [5.74, 6) is -0.419. The first-order valence-electron chi connectivity index (χ1n) is 9.67. The number of hydrogen-bond acceptors (Lipinski definition) is 8. The first kappa shape index (κ1) is 22.3. The number of nitrogens with two attached hydrogens (primary N) is 1. The lowest BCUT2D eigenvalue weighted by Gasteiger charge is -2.20. The number of methoxy groups -OCH3 is 1. The number of carbonyl (C=O) groups is 1. The molecule has 174 valence electrons. The van der Waals surface area contributed by atoms with Crippen LogP contribution in [0, 0.1) is 0 Å². The van der Waals surface area contributed by atoms with Gasteiger partial charge in [0, 0.05) is 12.7 Å². The topological polar surface area (TPSA) is 122 Å². The van der Waals surface area contributed by atoms with Crippen molar-refractivity contribution in [2.24, 2.45) is 5.73 Å². The van der Waals surface area contributed by atoms with Gasteiger partial charge in [-0.1, -0.05) is 12.1 Å².